The van der Waals surface area contributed by atoms with Gasteiger partial charge in [0.05, 0.1) is 18.9 Å². The number of ether oxygens (including phenoxy) is 1. The first-order chi connectivity index (χ1) is 14.6. The summed E-state index contributed by atoms with van der Waals surface area (Å²) >= 11 is 3.49. The normalized spacial score (nSPS) is 19.6. The Morgan fingerprint density at radius 2 is 1.77 bits per heavy atom. The molecule has 0 aliphatic carbocycles. The summed E-state index contributed by atoms with van der Waals surface area (Å²) in [6.45, 7) is 3.01. The molecule has 0 radical (unpaired) electrons. The van der Waals surface area contributed by atoms with Crippen LogP contribution in [0.25, 0.3) is 0 Å². The summed E-state index contributed by atoms with van der Waals surface area (Å²) in [4.78, 5) is 15.6. The largest absolute Gasteiger partial charge is 0.497 e. The molecular formula is C24H28BrN3O2. The number of amides is 1. The average Bonchev–Trinajstić information content (AvgIpc) is 3.24. The topological polar surface area (TPSA) is 45.1 Å². The van der Waals surface area contributed by atoms with Gasteiger partial charge >= 0.3 is 0 Å². The number of halogens is 1. The van der Waals surface area contributed by atoms with E-state index in [1.807, 2.05) is 36.4 Å². The van der Waals surface area contributed by atoms with Crippen LogP contribution in [0.3, 0.4) is 0 Å². The van der Waals surface area contributed by atoms with Gasteiger partial charge < -0.3 is 9.64 Å². The Kier molecular flexibility index (Phi) is 6.85. The molecule has 30 heavy (non-hydrogen) atoms. The minimum atomic E-state index is -0.0802. The van der Waals surface area contributed by atoms with Crippen LogP contribution < -0.4 is 4.74 Å². The maximum atomic E-state index is 13.2. The highest BCUT2D eigenvalue weighted by Crippen LogP contribution is 2.34. The van der Waals surface area contributed by atoms with Gasteiger partial charge in [-0.05, 0) is 61.3 Å². The van der Waals surface area contributed by atoms with Crippen molar-refractivity contribution in [3.8, 4) is 5.75 Å². The number of benzene rings is 2. The molecule has 0 spiro atoms. The van der Waals surface area contributed by atoms with Gasteiger partial charge in [0.15, 0.2) is 0 Å². The number of rotatable bonds is 6. The summed E-state index contributed by atoms with van der Waals surface area (Å²) in [6.07, 6.45) is 4.99. The summed E-state index contributed by atoms with van der Waals surface area (Å²) in [6, 6.07) is 16.0. The van der Waals surface area contributed by atoms with Crippen molar-refractivity contribution in [1.82, 2.24) is 9.91 Å². The molecule has 0 saturated carbocycles. The summed E-state index contributed by atoms with van der Waals surface area (Å²) in [5.74, 6) is 0.905. The lowest BCUT2D eigenvalue weighted by molar-refractivity contribution is -0.133. The molecule has 1 amide bonds. The van der Waals surface area contributed by atoms with E-state index in [1.54, 1.807) is 12.1 Å². The van der Waals surface area contributed by atoms with Crippen LogP contribution >= 0.6 is 15.9 Å². The second kappa shape index (κ2) is 9.75. The highest BCUT2D eigenvalue weighted by Gasteiger charge is 2.33. The molecule has 5 nitrogen and oxygen atoms in total. The fourth-order valence-corrected chi connectivity index (χ4v) is 4.46. The molecule has 2 aromatic carbocycles. The molecule has 2 aliphatic rings. The van der Waals surface area contributed by atoms with Crippen molar-refractivity contribution >= 4 is 27.5 Å². The molecule has 2 aromatic rings. The van der Waals surface area contributed by atoms with E-state index in [0.29, 0.717) is 12.8 Å². The van der Waals surface area contributed by atoms with Gasteiger partial charge in [0.1, 0.15) is 5.75 Å². The number of hydrogen-bond donors (Lipinski definition) is 0. The monoisotopic (exact) mass is 469 g/mol. The third-order valence-corrected chi connectivity index (χ3v) is 6.46. The van der Waals surface area contributed by atoms with Gasteiger partial charge in [-0.2, -0.15) is 5.10 Å². The van der Waals surface area contributed by atoms with Crippen molar-refractivity contribution in [1.29, 1.82) is 0 Å². The Morgan fingerprint density at radius 1 is 1.07 bits per heavy atom. The van der Waals surface area contributed by atoms with Gasteiger partial charge in [0.2, 0.25) is 5.91 Å². The molecular weight excluding hydrogens is 442 g/mol. The second-order valence-corrected chi connectivity index (χ2v) is 8.85. The summed E-state index contributed by atoms with van der Waals surface area (Å²) in [7, 11) is 1.66. The van der Waals surface area contributed by atoms with Crippen LogP contribution in [0.2, 0.25) is 0 Å². The van der Waals surface area contributed by atoms with Gasteiger partial charge in [0.25, 0.3) is 0 Å². The number of carbonyl (C=O) groups is 1. The lowest BCUT2D eigenvalue weighted by atomic mass is 9.98. The Bertz CT molecular complexity index is 890. The predicted molar refractivity (Wildman–Crippen MR) is 123 cm³/mol. The molecule has 158 valence electrons. The first kappa shape index (κ1) is 21.1. The van der Waals surface area contributed by atoms with Crippen LogP contribution in [0.15, 0.2) is 58.1 Å². The van der Waals surface area contributed by atoms with E-state index in [1.165, 1.54) is 19.3 Å². The lowest BCUT2D eigenvalue weighted by Gasteiger charge is -2.27. The number of carbonyl (C=O) groups excluding carboxylic acids is 1. The third kappa shape index (κ3) is 4.93. The fraction of sp³-hybridized carbons (Fsp3) is 0.417. The van der Waals surface area contributed by atoms with Crippen LogP contribution in [0.4, 0.5) is 0 Å². The SMILES string of the molecule is COc1ccc([C@H]2CC(c3ccc(Br)cc3)=NN2C(=O)CCN2CCCCC2)cc1. The molecule has 1 saturated heterocycles. The van der Waals surface area contributed by atoms with Gasteiger partial charge in [-0.1, -0.05) is 46.6 Å². The van der Waals surface area contributed by atoms with Crippen LogP contribution in [0.5, 0.6) is 5.75 Å². The van der Waals surface area contributed by atoms with Crippen LogP contribution in [0.1, 0.15) is 49.3 Å². The maximum absolute atomic E-state index is 13.2. The minimum Gasteiger partial charge on any atom is -0.497 e. The lowest BCUT2D eigenvalue weighted by Crippen LogP contribution is -2.35. The van der Waals surface area contributed by atoms with Gasteiger partial charge in [-0.25, -0.2) is 5.01 Å². The highest BCUT2D eigenvalue weighted by atomic mass is 79.9. The third-order valence-electron chi connectivity index (χ3n) is 5.93. The summed E-state index contributed by atoms with van der Waals surface area (Å²) in [5, 5.41) is 6.50. The number of likely N-dealkylation sites (tertiary alicyclic amines) is 1. The zero-order valence-electron chi connectivity index (χ0n) is 17.4. The van der Waals surface area contributed by atoms with Crippen molar-refractivity contribution in [3.05, 3.63) is 64.1 Å². The quantitative estimate of drug-likeness (QED) is 0.596. The molecule has 2 aliphatic heterocycles. The minimum absolute atomic E-state index is 0.0802. The standard InChI is InChI=1S/C24H28BrN3O2/c1-30-21-11-7-19(8-12-21)23-17-22(18-5-9-20(25)10-6-18)26-28(23)24(29)13-16-27-14-3-2-4-15-27/h5-12,23H,2-4,13-17H2,1H3/t23-/m1/s1. The van der Waals surface area contributed by atoms with Crippen LogP contribution in [0, 0.1) is 0 Å². The molecule has 0 N–H and O–H groups in total. The van der Waals surface area contributed by atoms with E-state index in [9.17, 15) is 4.79 Å². The number of nitrogens with zero attached hydrogens (tertiary/aromatic N) is 3. The van der Waals surface area contributed by atoms with Crippen LogP contribution in [-0.2, 0) is 4.79 Å². The molecule has 0 bridgehead atoms. The van der Waals surface area contributed by atoms with Crippen molar-refractivity contribution in [2.45, 2.75) is 38.1 Å². The van der Waals surface area contributed by atoms with E-state index < -0.39 is 0 Å². The van der Waals surface area contributed by atoms with E-state index >= 15 is 0 Å². The van der Waals surface area contributed by atoms with Crippen LogP contribution in [-0.4, -0.2) is 48.3 Å². The summed E-state index contributed by atoms with van der Waals surface area (Å²) < 4.78 is 6.33. The number of hydrogen-bond acceptors (Lipinski definition) is 4. The number of methoxy groups -OCH3 is 1. The molecule has 0 aromatic heterocycles. The number of piperidine rings is 1. The van der Waals surface area contributed by atoms with Gasteiger partial charge in [-0.3, -0.25) is 4.79 Å². The maximum Gasteiger partial charge on any atom is 0.244 e. The predicted octanol–water partition coefficient (Wildman–Crippen LogP) is 5.01. The van der Waals surface area contributed by atoms with Crippen molar-refractivity contribution in [3.63, 3.8) is 0 Å². The van der Waals surface area contributed by atoms with E-state index in [2.05, 4.69) is 33.0 Å². The average molecular weight is 470 g/mol. The van der Waals surface area contributed by atoms with Crippen molar-refractivity contribution in [2.75, 3.05) is 26.7 Å². The van der Waals surface area contributed by atoms with E-state index in [0.717, 1.165) is 46.7 Å². The molecule has 4 rings (SSSR count). The molecule has 1 atom stereocenters. The first-order valence-corrected chi connectivity index (χ1v) is 11.4. The van der Waals surface area contributed by atoms with E-state index in [4.69, 9.17) is 9.84 Å². The fourth-order valence-electron chi connectivity index (χ4n) is 4.19. The zero-order chi connectivity index (χ0) is 20.9. The molecule has 0 unspecified atom stereocenters. The first-order valence-electron chi connectivity index (χ1n) is 10.7. The second-order valence-electron chi connectivity index (χ2n) is 7.94. The Balaban J connectivity index is 1.53. The van der Waals surface area contributed by atoms with Crippen molar-refractivity contribution in [2.24, 2.45) is 5.10 Å². The highest BCUT2D eigenvalue weighted by molar-refractivity contribution is 9.10. The van der Waals surface area contributed by atoms with E-state index in [-0.39, 0.29) is 11.9 Å². The van der Waals surface area contributed by atoms with Gasteiger partial charge in [0, 0.05) is 23.9 Å². The zero-order valence-corrected chi connectivity index (χ0v) is 19.0. The molecule has 6 heteroatoms. The Morgan fingerprint density at radius 3 is 2.43 bits per heavy atom. The number of hydrazone groups is 1. The summed E-state index contributed by atoms with van der Waals surface area (Å²) in [5.41, 5.74) is 3.09. The Hall–Kier alpha value is -2.18. The molecule has 1 fully saturated rings. The Labute approximate surface area is 186 Å². The van der Waals surface area contributed by atoms with Gasteiger partial charge in [-0.15, -0.1) is 0 Å². The molecule has 2 heterocycles. The van der Waals surface area contributed by atoms with Crippen molar-refractivity contribution < 1.29 is 9.53 Å². The smallest absolute Gasteiger partial charge is 0.244 e.